The van der Waals surface area contributed by atoms with Crippen molar-refractivity contribution in [3.63, 3.8) is 0 Å². The summed E-state index contributed by atoms with van der Waals surface area (Å²) in [4.78, 5) is 11.9. The quantitative estimate of drug-likeness (QED) is 0.713. The molecule has 1 atom stereocenters. The number of thiophene rings is 1. The molecule has 6 heteroatoms. The third-order valence-electron chi connectivity index (χ3n) is 3.17. The van der Waals surface area contributed by atoms with Crippen molar-refractivity contribution in [2.24, 2.45) is 0 Å². The fraction of sp³-hybridized carbons (Fsp3) is 0.235. The van der Waals surface area contributed by atoms with Crippen LogP contribution in [-0.2, 0) is 5.60 Å². The van der Waals surface area contributed by atoms with Gasteiger partial charge in [0.2, 0.25) is 0 Å². The van der Waals surface area contributed by atoms with Gasteiger partial charge in [-0.15, -0.1) is 6.42 Å². The number of ether oxygens (including phenoxy) is 1. The summed E-state index contributed by atoms with van der Waals surface area (Å²) in [6.07, 6.45) is 5.12. The second-order valence-electron chi connectivity index (χ2n) is 5.11. The Morgan fingerprint density at radius 3 is 2.74 bits per heavy atom. The van der Waals surface area contributed by atoms with E-state index in [0.717, 1.165) is 5.56 Å². The molecule has 2 rings (SSSR count). The van der Waals surface area contributed by atoms with Crippen LogP contribution in [0.2, 0.25) is 0 Å². The van der Waals surface area contributed by atoms with Gasteiger partial charge < -0.3 is 20.5 Å². The minimum atomic E-state index is -1.11. The zero-order valence-electron chi connectivity index (χ0n) is 12.7. The monoisotopic (exact) mass is 330 g/mol. The van der Waals surface area contributed by atoms with Crippen molar-refractivity contribution in [2.45, 2.75) is 12.5 Å². The zero-order chi connectivity index (χ0) is 16.7. The molecule has 0 bridgehead atoms. The maximum Gasteiger partial charge on any atom is 0.319 e. The molecule has 5 nitrogen and oxygen atoms in total. The van der Waals surface area contributed by atoms with Crippen LogP contribution in [0.5, 0.6) is 5.75 Å². The summed E-state index contributed by atoms with van der Waals surface area (Å²) >= 11 is 1.50. The normalized spacial score (nSPS) is 12.7. The van der Waals surface area contributed by atoms with Crippen molar-refractivity contribution >= 4 is 23.1 Å². The summed E-state index contributed by atoms with van der Waals surface area (Å²) in [6.45, 7) is 1.97. The molecule has 3 N–H and O–H groups in total. The molecule has 23 heavy (non-hydrogen) atoms. The first-order valence-electron chi connectivity index (χ1n) is 6.97. The van der Waals surface area contributed by atoms with Gasteiger partial charge in [0.15, 0.2) is 0 Å². The van der Waals surface area contributed by atoms with Crippen molar-refractivity contribution in [3.8, 4) is 18.1 Å². The number of rotatable bonds is 6. The Morgan fingerprint density at radius 2 is 2.13 bits per heavy atom. The van der Waals surface area contributed by atoms with Gasteiger partial charge in [0.25, 0.3) is 0 Å². The molecule has 2 aromatic rings. The van der Waals surface area contributed by atoms with Gasteiger partial charge in [0.05, 0.1) is 6.54 Å². The van der Waals surface area contributed by atoms with Gasteiger partial charge >= 0.3 is 6.03 Å². The number of benzene rings is 1. The largest absolute Gasteiger partial charge is 0.481 e. The molecule has 1 aromatic heterocycles. The predicted molar refractivity (Wildman–Crippen MR) is 91.7 cm³/mol. The first-order valence-corrected chi connectivity index (χ1v) is 7.92. The van der Waals surface area contributed by atoms with Gasteiger partial charge in [-0.2, -0.15) is 11.3 Å². The fourth-order valence-corrected chi connectivity index (χ4v) is 2.64. The maximum atomic E-state index is 11.9. The third kappa shape index (κ3) is 5.02. The Balaban J connectivity index is 1.84. The van der Waals surface area contributed by atoms with E-state index in [9.17, 15) is 9.90 Å². The van der Waals surface area contributed by atoms with Crippen LogP contribution in [0.1, 0.15) is 12.5 Å². The maximum absolute atomic E-state index is 11.9. The lowest BCUT2D eigenvalue weighted by Gasteiger charge is -2.22. The molecule has 0 unspecified atom stereocenters. The Bertz CT molecular complexity index is 673. The van der Waals surface area contributed by atoms with E-state index < -0.39 is 11.6 Å². The number of aliphatic hydroxyl groups is 1. The predicted octanol–water partition coefficient (Wildman–Crippen LogP) is 2.79. The molecule has 1 heterocycles. The lowest BCUT2D eigenvalue weighted by molar-refractivity contribution is 0.0604. The number of hydrogen-bond donors (Lipinski definition) is 3. The number of amides is 2. The second kappa shape index (κ2) is 7.68. The van der Waals surface area contributed by atoms with Gasteiger partial charge in [-0.1, -0.05) is 5.92 Å². The molecule has 0 aliphatic heterocycles. The lowest BCUT2D eigenvalue weighted by Crippen LogP contribution is -2.40. The van der Waals surface area contributed by atoms with E-state index in [1.807, 2.05) is 16.8 Å². The standard InChI is InChI=1S/C17H18N2O3S/c1-3-9-22-15-6-4-14(5-7-15)19-16(20)18-12-17(2,21)13-8-10-23-11-13/h1,4-8,10-11,21H,9,12H2,2H3,(H2,18,19,20)/t17-/m1/s1. The van der Waals surface area contributed by atoms with E-state index in [4.69, 9.17) is 11.2 Å². The molecule has 120 valence electrons. The van der Waals surface area contributed by atoms with Crippen molar-refractivity contribution in [1.29, 1.82) is 0 Å². The van der Waals surface area contributed by atoms with E-state index in [1.165, 1.54) is 11.3 Å². The highest BCUT2D eigenvalue weighted by atomic mass is 32.1. The zero-order valence-corrected chi connectivity index (χ0v) is 13.5. The van der Waals surface area contributed by atoms with Crippen LogP contribution in [0.25, 0.3) is 0 Å². The van der Waals surface area contributed by atoms with Crippen molar-refractivity contribution < 1.29 is 14.6 Å². The summed E-state index contributed by atoms with van der Waals surface area (Å²) in [5.41, 5.74) is 0.285. The molecule has 1 aromatic carbocycles. The topological polar surface area (TPSA) is 70.6 Å². The average molecular weight is 330 g/mol. The van der Waals surface area contributed by atoms with Gasteiger partial charge in [0, 0.05) is 5.69 Å². The van der Waals surface area contributed by atoms with E-state index in [1.54, 1.807) is 31.2 Å². The Labute approximate surface area is 139 Å². The van der Waals surface area contributed by atoms with Crippen LogP contribution in [-0.4, -0.2) is 24.3 Å². The van der Waals surface area contributed by atoms with Crippen molar-refractivity contribution in [2.75, 3.05) is 18.5 Å². The molecule has 0 aliphatic carbocycles. The lowest BCUT2D eigenvalue weighted by atomic mass is 9.99. The van der Waals surface area contributed by atoms with Crippen LogP contribution in [0.4, 0.5) is 10.5 Å². The molecule has 0 spiro atoms. The summed E-state index contributed by atoms with van der Waals surface area (Å²) in [5, 5.41) is 19.4. The number of terminal acetylenes is 1. The minimum Gasteiger partial charge on any atom is -0.481 e. The van der Waals surface area contributed by atoms with E-state index in [0.29, 0.717) is 11.4 Å². The molecular formula is C17H18N2O3S. The molecule has 0 radical (unpaired) electrons. The minimum absolute atomic E-state index is 0.110. The third-order valence-corrected chi connectivity index (χ3v) is 3.85. The average Bonchev–Trinajstić information content (AvgIpc) is 3.08. The highest BCUT2D eigenvalue weighted by Crippen LogP contribution is 2.22. The summed E-state index contributed by atoms with van der Waals surface area (Å²) < 4.78 is 5.25. The molecule has 0 aliphatic rings. The van der Waals surface area contributed by atoms with Crippen LogP contribution < -0.4 is 15.4 Å². The Morgan fingerprint density at radius 1 is 1.39 bits per heavy atom. The van der Waals surface area contributed by atoms with Gasteiger partial charge in [-0.05, 0) is 53.6 Å². The van der Waals surface area contributed by atoms with Gasteiger partial charge in [-0.25, -0.2) is 4.79 Å². The van der Waals surface area contributed by atoms with Gasteiger partial charge in [0.1, 0.15) is 18.0 Å². The van der Waals surface area contributed by atoms with E-state index in [-0.39, 0.29) is 13.2 Å². The number of hydrogen-bond acceptors (Lipinski definition) is 4. The van der Waals surface area contributed by atoms with Gasteiger partial charge in [-0.3, -0.25) is 0 Å². The number of anilines is 1. The molecule has 2 amide bonds. The van der Waals surface area contributed by atoms with Crippen LogP contribution in [0.3, 0.4) is 0 Å². The van der Waals surface area contributed by atoms with E-state index in [2.05, 4.69) is 16.6 Å². The Kier molecular flexibility index (Phi) is 5.63. The molecule has 0 saturated carbocycles. The highest BCUT2D eigenvalue weighted by molar-refractivity contribution is 7.08. The first kappa shape index (κ1) is 16.9. The van der Waals surface area contributed by atoms with Crippen LogP contribution in [0, 0.1) is 12.3 Å². The molecular weight excluding hydrogens is 312 g/mol. The number of urea groups is 1. The van der Waals surface area contributed by atoms with Crippen molar-refractivity contribution in [3.05, 3.63) is 46.7 Å². The number of carbonyl (C=O) groups excluding carboxylic acids is 1. The first-order chi connectivity index (χ1) is 11.0. The summed E-state index contributed by atoms with van der Waals surface area (Å²) in [5.74, 6) is 3.01. The summed E-state index contributed by atoms with van der Waals surface area (Å²) in [6, 6.07) is 8.30. The van der Waals surface area contributed by atoms with Crippen molar-refractivity contribution in [1.82, 2.24) is 5.32 Å². The number of carbonyl (C=O) groups is 1. The molecule has 0 fully saturated rings. The molecule has 0 saturated heterocycles. The fourth-order valence-electron chi connectivity index (χ4n) is 1.86. The second-order valence-corrected chi connectivity index (χ2v) is 5.89. The van der Waals surface area contributed by atoms with E-state index >= 15 is 0 Å². The highest BCUT2D eigenvalue weighted by Gasteiger charge is 2.24. The van der Waals surface area contributed by atoms with Crippen LogP contribution >= 0.6 is 11.3 Å². The Hall–Kier alpha value is -2.49. The SMILES string of the molecule is C#CCOc1ccc(NC(=O)NC[C@@](C)(O)c2ccsc2)cc1. The number of nitrogens with one attached hydrogen (secondary N) is 2. The summed E-state index contributed by atoms with van der Waals surface area (Å²) in [7, 11) is 0. The smallest absolute Gasteiger partial charge is 0.319 e. The van der Waals surface area contributed by atoms with Crippen LogP contribution in [0.15, 0.2) is 41.1 Å².